The fourth-order valence-corrected chi connectivity index (χ4v) is 1.62. The molecule has 1 atom stereocenters. The summed E-state index contributed by atoms with van der Waals surface area (Å²) in [6.45, 7) is 2.42. The molecule has 0 amide bonds. The molecule has 2 aromatic rings. The maximum atomic E-state index is 5.67. The normalized spacial score (nSPS) is 12.1. The summed E-state index contributed by atoms with van der Waals surface area (Å²) in [5.41, 5.74) is 4.74. The maximum Gasteiger partial charge on any atom is 0.119 e. The van der Waals surface area contributed by atoms with Crippen molar-refractivity contribution in [3.63, 3.8) is 0 Å². The lowest BCUT2D eigenvalue weighted by Gasteiger charge is -2.17. The molecule has 18 heavy (non-hydrogen) atoms. The first kappa shape index (κ1) is 12.5. The first-order valence-electron chi connectivity index (χ1n) is 5.86. The first-order chi connectivity index (χ1) is 8.79. The molecule has 0 saturated heterocycles. The third kappa shape index (κ3) is 3.29. The Morgan fingerprint density at radius 1 is 1.22 bits per heavy atom. The van der Waals surface area contributed by atoms with Gasteiger partial charge < -0.3 is 4.74 Å². The summed E-state index contributed by atoms with van der Waals surface area (Å²) in [6, 6.07) is 13.6. The van der Waals surface area contributed by atoms with Crippen molar-refractivity contribution in [2.24, 2.45) is 5.84 Å². The highest BCUT2D eigenvalue weighted by atomic mass is 16.5. The second-order valence-corrected chi connectivity index (χ2v) is 4.08. The van der Waals surface area contributed by atoms with Crippen LogP contribution in [0.3, 0.4) is 0 Å². The molecule has 3 N–H and O–H groups in total. The van der Waals surface area contributed by atoms with Gasteiger partial charge in [0.05, 0.1) is 6.04 Å². The van der Waals surface area contributed by atoms with E-state index in [1.54, 1.807) is 0 Å². The summed E-state index contributed by atoms with van der Waals surface area (Å²) in [7, 11) is 0. The van der Waals surface area contributed by atoms with E-state index in [1.807, 2.05) is 55.6 Å². The molecule has 1 aromatic carbocycles. The summed E-state index contributed by atoms with van der Waals surface area (Å²) in [6.07, 6.45) is 1.81. The van der Waals surface area contributed by atoms with Crippen LogP contribution in [0.4, 0.5) is 0 Å². The lowest BCUT2D eigenvalue weighted by molar-refractivity contribution is 0.267. The number of nitrogens with two attached hydrogens (primary N) is 1. The molecule has 94 valence electrons. The molecular weight excluding hydrogens is 226 g/mol. The lowest BCUT2D eigenvalue weighted by Crippen LogP contribution is -2.32. The van der Waals surface area contributed by atoms with Gasteiger partial charge in [0.2, 0.25) is 0 Å². The third-order valence-electron chi connectivity index (χ3n) is 2.70. The van der Waals surface area contributed by atoms with E-state index in [-0.39, 0.29) is 6.04 Å². The van der Waals surface area contributed by atoms with Gasteiger partial charge in [-0.05, 0) is 30.7 Å². The number of nitrogens with zero attached hydrogens (tertiary/aromatic N) is 1. The average Bonchev–Trinajstić information content (AvgIpc) is 2.42. The van der Waals surface area contributed by atoms with Gasteiger partial charge in [-0.1, -0.05) is 24.3 Å². The van der Waals surface area contributed by atoms with Crippen LogP contribution in [0.25, 0.3) is 0 Å². The molecule has 0 saturated carbocycles. The smallest absolute Gasteiger partial charge is 0.119 e. The maximum absolute atomic E-state index is 5.67. The molecular formula is C14H17N3O. The Hall–Kier alpha value is -1.91. The molecule has 1 unspecified atom stereocenters. The number of hydrogen-bond acceptors (Lipinski definition) is 4. The summed E-state index contributed by atoms with van der Waals surface area (Å²) >= 11 is 0. The Morgan fingerprint density at radius 3 is 2.61 bits per heavy atom. The number of hydrazine groups is 1. The molecule has 0 radical (unpaired) electrons. The van der Waals surface area contributed by atoms with E-state index in [0.29, 0.717) is 6.61 Å². The summed E-state index contributed by atoms with van der Waals surface area (Å²) in [5, 5.41) is 0. The average molecular weight is 243 g/mol. The van der Waals surface area contributed by atoms with Gasteiger partial charge in [0.25, 0.3) is 0 Å². The largest absolute Gasteiger partial charge is 0.492 e. The highest BCUT2D eigenvalue weighted by Gasteiger charge is 2.10. The molecule has 1 aromatic heterocycles. The standard InChI is InChI=1S/C14H17N3O/c1-11-7-8-12(9-16-11)14(17-15)10-18-13-5-3-2-4-6-13/h2-9,14,17H,10,15H2,1H3. The lowest BCUT2D eigenvalue weighted by atomic mass is 10.1. The van der Waals surface area contributed by atoms with Crippen molar-refractivity contribution in [1.82, 2.24) is 10.4 Å². The summed E-state index contributed by atoms with van der Waals surface area (Å²) in [4.78, 5) is 4.25. The number of nitrogens with one attached hydrogen (secondary N) is 1. The van der Waals surface area contributed by atoms with Crippen molar-refractivity contribution in [2.75, 3.05) is 6.61 Å². The monoisotopic (exact) mass is 243 g/mol. The number of pyridine rings is 1. The van der Waals surface area contributed by atoms with Crippen LogP contribution in [-0.4, -0.2) is 11.6 Å². The van der Waals surface area contributed by atoms with Crippen LogP contribution < -0.4 is 16.0 Å². The zero-order valence-corrected chi connectivity index (χ0v) is 10.3. The molecule has 1 heterocycles. The van der Waals surface area contributed by atoms with Gasteiger partial charge in [-0.25, -0.2) is 5.43 Å². The number of ether oxygens (including phenoxy) is 1. The molecule has 0 fully saturated rings. The SMILES string of the molecule is Cc1ccc(C(COc2ccccc2)NN)cn1. The van der Waals surface area contributed by atoms with Crippen molar-refractivity contribution < 1.29 is 4.74 Å². The number of hydrogen-bond donors (Lipinski definition) is 2. The van der Waals surface area contributed by atoms with Crippen LogP contribution in [-0.2, 0) is 0 Å². The Morgan fingerprint density at radius 2 is 2.00 bits per heavy atom. The van der Waals surface area contributed by atoms with Crippen LogP contribution in [0.1, 0.15) is 17.3 Å². The van der Waals surface area contributed by atoms with Crippen LogP contribution in [0.2, 0.25) is 0 Å². The number of rotatable bonds is 5. The molecule has 4 nitrogen and oxygen atoms in total. The van der Waals surface area contributed by atoms with E-state index in [9.17, 15) is 0 Å². The van der Waals surface area contributed by atoms with E-state index < -0.39 is 0 Å². The Balaban J connectivity index is 1.99. The highest BCUT2D eigenvalue weighted by molar-refractivity contribution is 5.22. The van der Waals surface area contributed by atoms with Gasteiger partial charge in [-0.3, -0.25) is 10.8 Å². The minimum atomic E-state index is -0.0710. The Kier molecular flexibility index (Phi) is 4.28. The number of benzene rings is 1. The molecule has 0 spiro atoms. The van der Waals surface area contributed by atoms with E-state index in [1.165, 1.54) is 0 Å². The van der Waals surface area contributed by atoms with Gasteiger partial charge in [0.1, 0.15) is 12.4 Å². The van der Waals surface area contributed by atoms with Crippen LogP contribution in [0.5, 0.6) is 5.75 Å². The van der Waals surface area contributed by atoms with Crippen LogP contribution in [0, 0.1) is 6.92 Å². The van der Waals surface area contributed by atoms with E-state index in [2.05, 4.69) is 10.4 Å². The molecule has 4 heteroatoms. The highest BCUT2D eigenvalue weighted by Crippen LogP contribution is 2.15. The van der Waals surface area contributed by atoms with E-state index in [4.69, 9.17) is 10.6 Å². The molecule has 0 bridgehead atoms. The minimum absolute atomic E-state index is 0.0710. The van der Waals surface area contributed by atoms with Crippen molar-refractivity contribution >= 4 is 0 Å². The van der Waals surface area contributed by atoms with Crippen molar-refractivity contribution in [2.45, 2.75) is 13.0 Å². The zero-order chi connectivity index (χ0) is 12.8. The van der Waals surface area contributed by atoms with Gasteiger partial charge in [-0.2, -0.15) is 0 Å². The molecule has 2 rings (SSSR count). The van der Waals surface area contributed by atoms with Crippen LogP contribution >= 0.6 is 0 Å². The summed E-state index contributed by atoms with van der Waals surface area (Å²) < 4.78 is 5.67. The molecule has 0 aliphatic rings. The van der Waals surface area contributed by atoms with Crippen LogP contribution in [0.15, 0.2) is 48.7 Å². The quantitative estimate of drug-likeness (QED) is 0.622. The van der Waals surface area contributed by atoms with Crippen molar-refractivity contribution in [3.05, 3.63) is 59.9 Å². The van der Waals surface area contributed by atoms with Crippen molar-refractivity contribution in [1.29, 1.82) is 0 Å². The topological polar surface area (TPSA) is 60.2 Å². The first-order valence-corrected chi connectivity index (χ1v) is 5.86. The Labute approximate surface area is 107 Å². The fraction of sp³-hybridized carbons (Fsp3) is 0.214. The minimum Gasteiger partial charge on any atom is -0.492 e. The van der Waals surface area contributed by atoms with Gasteiger partial charge in [0.15, 0.2) is 0 Å². The second-order valence-electron chi connectivity index (χ2n) is 4.08. The van der Waals surface area contributed by atoms with Gasteiger partial charge in [-0.15, -0.1) is 0 Å². The third-order valence-corrected chi connectivity index (χ3v) is 2.70. The summed E-state index contributed by atoms with van der Waals surface area (Å²) in [5.74, 6) is 6.38. The molecule has 0 aliphatic heterocycles. The van der Waals surface area contributed by atoms with Crippen molar-refractivity contribution in [3.8, 4) is 5.75 Å². The fourth-order valence-electron chi connectivity index (χ4n) is 1.62. The predicted octanol–water partition coefficient (Wildman–Crippen LogP) is 1.97. The molecule has 0 aliphatic carbocycles. The predicted molar refractivity (Wildman–Crippen MR) is 71.0 cm³/mol. The Bertz CT molecular complexity index is 470. The number of para-hydroxylation sites is 1. The van der Waals surface area contributed by atoms with E-state index in [0.717, 1.165) is 17.0 Å². The number of aryl methyl sites for hydroxylation is 1. The van der Waals surface area contributed by atoms with Gasteiger partial charge >= 0.3 is 0 Å². The van der Waals surface area contributed by atoms with E-state index >= 15 is 0 Å². The van der Waals surface area contributed by atoms with Gasteiger partial charge in [0, 0.05) is 11.9 Å². The zero-order valence-electron chi connectivity index (χ0n) is 10.3. The second kappa shape index (κ2) is 6.14. The number of aromatic nitrogens is 1.